The van der Waals surface area contributed by atoms with Crippen molar-refractivity contribution in [2.24, 2.45) is 0 Å². The van der Waals surface area contributed by atoms with Crippen molar-refractivity contribution in [1.82, 2.24) is 4.90 Å². The van der Waals surface area contributed by atoms with Crippen molar-refractivity contribution in [1.29, 1.82) is 0 Å². The number of piperidine rings is 1. The summed E-state index contributed by atoms with van der Waals surface area (Å²) in [4.78, 5) is 25.5. The Balaban J connectivity index is 2.18. The van der Waals surface area contributed by atoms with Crippen LogP contribution < -0.4 is 0 Å². The molecule has 0 aliphatic carbocycles. The number of carbonyl (C=O) groups excluding carboxylic acids is 2. The first-order chi connectivity index (χ1) is 11.2. The van der Waals surface area contributed by atoms with Gasteiger partial charge in [-0.2, -0.15) is 0 Å². The number of rotatable bonds is 2. The second-order valence-corrected chi connectivity index (χ2v) is 6.97. The molecule has 0 bridgehead atoms. The summed E-state index contributed by atoms with van der Waals surface area (Å²) in [6.45, 7) is 6.39. The molecule has 132 valence electrons. The summed E-state index contributed by atoms with van der Waals surface area (Å²) in [5.74, 6) is -1.44. The summed E-state index contributed by atoms with van der Waals surface area (Å²) < 4.78 is 24.7. The fourth-order valence-corrected chi connectivity index (χ4v) is 2.86. The van der Waals surface area contributed by atoms with E-state index in [1.807, 2.05) is 20.8 Å². The average Bonchev–Trinajstić information content (AvgIpc) is 2.53. The normalized spacial score (nSPS) is 18.2. The molecule has 0 N–H and O–H groups in total. The van der Waals surface area contributed by atoms with Gasteiger partial charge in [0, 0.05) is 19.0 Å². The molecule has 0 aromatic heterocycles. The predicted octanol–water partition coefficient (Wildman–Crippen LogP) is 3.73. The smallest absolute Gasteiger partial charge is 0.410 e. The van der Waals surface area contributed by atoms with Gasteiger partial charge >= 0.3 is 12.1 Å². The van der Waals surface area contributed by atoms with Gasteiger partial charge in [0.25, 0.3) is 0 Å². The van der Waals surface area contributed by atoms with Crippen LogP contribution in [0.4, 0.5) is 9.18 Å². The molecule has 1 aliphatic rings. The second kappa shape index (κ2) is 7.20. The number of amides is 1. The molecular formula is C18H24FNO4. The van der Waals surface area contributed by atoms with Gasteiger partial charge in [0.05, 0.1) is 12.7 Å². The highest BCUT2D eigenvalue weighted by Crippen LogP contribution is 2.30. The molecule has 24 heavy (non-hydrogen) atoms. The number of methoxy groups -OCH3 is 1. The van der Waals surface area contributed by atoms with Gasteiger partial charge in [0.1, 0.15) is 11.4 Å². The highest BCUT2D eigenvalue weighted by Gasteiger charge is 2.30. The van der Waals surface area contributed by atoms with Gasteiger partial charge < -0.3 is 14.4 Å². The van der Waals surface area contributed by atoms with E-state index in [0.717, 1.165) is 12.8 Å². The summed E-state index contributed by atoms with van der Waals surface area (Å²) in [6.07, 6.45) is 1.11. The zero-order valence-electron chi connectivity index (χ0n) is 14.6. The number of halogens is 1. The fraction of sp³-hybridized carbons (Fsp3) is 0.556. The molecule has 1 amide bonds. The van der Waals surface area contributed by atoms with E-state index in [4.69, 9.17) is 4.74 Å². The van der Waals surface area contributed by atoms with Crippen LogP contribution >= 0.6 is 0 Å². The maximum Gasteiger partial charge on any atom is 0.410 e. The Morgan fingerprint density at radius 3 is 2.62 bits per heavy atom. The number of hydrogen-bond acceptors (Lipinski definition) is 4. The fourth-order valence-electron chi connectivity index (χ4n) is 2.86. The summed E-state index contributed by atoms with van der Waals surface area (Å²) in [7, 11) is 1.22. The largest absolute Gasteiger partial charge is 0.465 e. The number of hydrogen-bond donors (Lipinski definition) is 0. The molecule has 0 radical (unpaired) electrons. The van der Waals surface area contributed by atoms with Gasteiger partial charge in [-0.3, -0.25) is 0 Å². The number of ether oxygens (including phenoxy) is 2. The Hall–Kier alpha value is -2.11. The van der Waals surface area contributed by atoms with E-state index in [-0.39, 0.29) is 11.5 Å². The van der Waals surface area contributed by atoms with Crippen LogP contribution in [-0.4, -0.2) is 42.8 Å². The Labute approximate surface area is 141 Å². The SMILES string of the molecule is COC(=O)c1cccc([C@H]2CCCN(C(=O)OC(C)(C)C)C2)c1F. The minimum Gasteiger partial charge on any atom is -0.465 e. The van der Waals surface area contributed by atoms with Crippen LogP contribution in [0.25, 0.3) is 0 Å². The third-order valence-corrected chi connectivity index (χ3v) is 3.95. The lowest BCUT2D eigenvalue weighted by molar-refractivity contribution is 0.0196. The predicted molar refractivity (Wildman–Crippen MR) is 87.5 cm³/mol. The maximum atomic E-state index is 14.7. The summed E-state index contributed by atoms with van der Waals surface area (Å²) in [6, 6.07) is 4.70. The third-order valence-electron chi connectivity index (χ3n) is 3.95. The van der Waals surface area contributed by atoms with Crippen molar-refractivity contribution < 1.29 is 23.5 Å². The number of carbonyl (C=O) groups is 2. The number of nitrogens with zero attached hydrogens (tertiary/aromatic N) is 1. The summed E-state index contributed by atoms with van der Waals surface area (Å²) in [5.41, 5.74) is -0.212. The van der Waals surface area contributed by atoms with Gasteiger partial charge in [0.2, 0.25) is 0 Å². The lowest BCUT2D eigenvalue weighted by Gasteiger charge is -2.34. The molecule has 0 spiro atoms. The monoisotopic (exact) mass is 337 g/mol. The molecule has 1 atom stereocenters. The number of likely N-dealkylation sites (tertiary alicyclic amines) is 1. The zero-order valence-corrected chi connectivity index (χ0v) is 14.6. The molecule has 1 aromatic carbocycles. The highest BCUT2D eigenvalue weighted by molar-refractivity contribution is 5.89. The van der Waals surface area contributed by atoms with E-state index in [2.05, 4.69) is 4.74 Å². The molecule has 5 nitrogen and oxygen atoms in total. The van der Waals surface area contributed by atoms with Crippen molar-refractivity contribution in [2.75, 3.05) is 20.2 Å². The summed E-state index contributed by atoms with van der Waals surface area (Å²) in [5, 5.41) is 0. The van der Waals surface area contributed by atoms with Gasteiger partial charge in [-0.15, -0.1) is 0 Å². The Kier molecular flexibility index (Phi) is 5.47. The number of benzene rings is 1. The zero-order chi connectivity index (χ0) is 17.9. The molecule has 1 aromatic rings. The Morgan fingerprint density at radius 2 is 2.00 bits per heavy atom. The van der Waals surface area contributed by atoms with Crippen molar-refractivity contribution in [3.05, 3.63) is 35.1 Å². The highest BCUT2D eigenvalue weighted by atomic mass is 19.1. The molecular weight excluding hydrogens is 313 g/mol. The lowest BCUT2D eigenvalue weighted by Crippen LogP contribution is -2.42. The van der Waals surface area contributed by atoms with E-state index in [9.17, 15) is 14.0 Å². The standard InChI is InChI=1S/C18H24FNO4/c1-18(2,3)24-17(22)20-10-6-7-12(11-20)13-8-5-9-14(15(13)19)16(21)23-4/h5,8-9,12H,6-7,10-11H2,1-4H3/t12-/m0/s1. The van der Waals surface area contributed by atoms with Gasteiger partial charge in [-0.25, -0.2) is 14.0 Å². The Bertz CT molecular complexity index is 624. The maximum absolute atomic E-state index is 14.7. The first-order valence-electron chi connectivity index (χ1n) is 8.07. The topological polar surface area (TPSA) is 55.8 Å². The quantitative estimate of drug-likeness (QED) is 0.772. The Morgan fingerprint density at radius 1 is 1.29 bits per heavy atom. The van der Waals surface area contributed by atoms with Crippen molar-refractivity contribution in [3.8, 4) is 0 Å². The summed E-state index contributed by atoms with van der Waals surface area (Å²) >= 11 is 0. The van der Waals surface area contributed by atoms with Crippen molar-refractivity contribution in [2.45, 2.75) is 45.1 Å². The third kappa shape index (κ3) is 4.24. The molecule has 6 heteroatoms. The molecule has 0 unspecified atom stereocenters. The average molecular weight is 337 g/mol. The molecule has 1 heterocycles. The van der Waals surface area contributed by atoms with E-state index in [0.29, 0.717) is 18.7 Å². The van der Waals surface area contributed by atoms with Crippen LogP contribution in [0, 0.1) is 5.82 Å². The molecule has 1 saturated heterocycles. The van der Waals surface area contributed by atoms with E-state index >= 15 is 0 Å². The van der Waals surface area contributed by atoms with Crippen LogP contribution in [-0.2, 0) is 9.47 Å². The van der Waals surface area contributed by atoms with E-state index < -0.39 is 23.5 Å². The van der Waals surface area contributed by atoms with Crippen LogP contribution in [0.3, 0.4) is 0 Å². The molecule has 1 aliphatic heterocycles. The molecule has 1 fully saturated rings. The van der Waals surface area contributed by atoms with Gasteiger partial charge in [0.15, 0.2) is 0 Å². The number of esters is 1. The van der Waals surface area contributed by atoms with E-state index in [1.165, 1.54) is 13.2 Å². The molecule has 2 rings (SSSR count). The lowest BCUT2D eigenvalue weighted by atomic mass is 9.89. The van der Waals surface area contributed by atoms with Crippen molar-refractivity contribution in [3.63, 3.8) is 0 Å². The first-order valence-corrected chi connectivity index (χ1v) is 8.07. The van der Waals surface area contributed by atoms with Gasteiger partial charge in [-0.1, -0.05) is 12.1 Å². The van der Waals surface area contributed by atoms with Crippen LogP contribution in [0.1, 0.15) is 55.5 Å². The second-order valence-electron chi connectivity index (χ2n) is 6.97. The van der Waals surface area contributed by atoms with Gasteiger partial charge in [-0.05, 0) is 45.2 Å². The minimum atomic E-state index is -0.700. The van der Waals surface area contributed by atoms with Crippen molar-refractivity contribution >= 4 is 12.1 Å². The minimum absolute atomic E-state index is 0.0793. The first kappa shape index (κ1) is 18.2. The van der Waals surface area contributed by atoms with Crippen LogP contribution in [0.5, 0.6) is 0 Å². The van der Waals surface area contributed by atoms with E-state index in [1.54, 1.807) is 17.0 Å². The van der Waals surface area contributed by atoms with Crippen LogP contribution in [0.2, 0.25) is 0 Å². The molecule has 0 saturated carbocycles. The van der Waals surface area contributed by atoms with Crippen LogP contribution in [0.15, 0.2) is 18.2 Å².